The molecule has 2 aromatic heterocycles. The molecule has 41 heavy (non-hydrogen) atoms. The highest BCUT2D eigenvalue weighted by atomic mass is 35.5. The Bertz CT molecular complexity index is 1800. The van der Waals surface area contributed by atoms with Gasteiger partial charge in [-0.1, -0.05) is 29.8 Å². The number of urea groups is 1. The third-order valence-electron chi connectivity index (χ3n) is 6.46. The lowest BCUT2D eigenvalue weighted by molar-refractivity contribution is 0.256. The molecule has 0 saturated carbocycles. The largest absolute Gasteiger partial charge is 0.463 e. The van der Waals surface area contributed by atoms with E-state index < -0.39 is 16.1 Å². The van der Waals surface area contributed by atoms with Crippen LogP contribution < -0.4 is 15.0 Å². The Kier molecular flexibility index (Phi) is 7.04. The molecule has 1 unspecified atom stereocenters. The molecule has 0 spiro atoms. The average Bonchev–Trinajstić information content (AvgIpc) is 3.75. The number of hydrogen-bond acceptors (Lipinski definition) is 7. The summed E-state index contributed by atoms with van der Waals surface area (Å²) >= 11 is 5.85. The number of nitrogens with one attached hydrogen (secondary N) is 2. The number of aromatic nitrogens is 2. The lowest BCUT2D eigenvalue weighted by Gasteiger charge is -2.23. The molecule has 5 aromatic rings. The van der Waals surface area contributed by atoms with E-state index >= 15 is 0 Å². The molecule has 0 fully saturated rings. The van der Waals surface area contributed by atoms with Gasteiger partial charge in [-0.2, -0.15) is 10.2 Å². The standard InChI is InChI=1S/C29H23ClN6O4S/c30-21-8-10-22(11-9-21)32-29(37)34-41(38,39)25-14-12-24(13-15-25)36-27(17-26(33-36)28-7-4-16-40-28)20-18-31-35(19-20)23-5-2-1-3-6-23/h1-16,18-19,27H,17H2,(H2,32,34,37). The fourth-order valence-corrected chi connectivity index (χ4v) is 5.51. The Morgan fingerprint density at radius 1 is 0.927 bits per heavy atom. The number of carbonyl (C=O) groups is 1. The van der Waals surface area contributed by atoms with Crippen molar-refractivity contribution in [2.75, 3.05) is 10.3 Å². The maximum Gasteiger partial charge on any atom is 0.333 e. The van der Waals surface area contributed by atoms with Gasteiger partial charge >= 0.3 is 6.03 Å². The van der Waals surface area contributed by atoms with Crippen molar-refractivity contribution in [2.45, 2.75) is 17.4 Å². The molecule has 2 amide bonds. The summed E-state index contributed by atoms with van der Waals surface area (Å²) in [5, 5.41) is 14.1. The van der Waals surface area contributed by atoms with Gasteiger partial charge < -0.3 is 9.73 Å². The molecule has 3 heterocycles. The highest BCUT2D eigenvalue weighted by Crippen LogP contribution is 2.37. The molecule has 0 bridgehead atoms. The normalized spacial score (nSPS) is 15.0. The van der Waals surface area contributed by atoms with Crippen molar-refractivity contribution in [2.24, 2.45) is 5.10 Å². The SMILES string of the molecule is O=C(Nc1ccc(Cl)cc1)NS(=O)(=O)c1ccc(N2N=C(c3ccco3)CC2c2cnn(-c3ccccc3)c2)cc1. The molecule has 1 atom stereocenters. The van der Waals surface area contributed by atoms with Gasteiger partial charge in [-0.15, -0.1) is 0 Å². The van der Waals surface area contributed by atoms with Crippen molar-refractivity contribution in [1.29, 1.82) is 0 Å². The van der Waals surface area contributed by atoms with Crippen LogP contribution in [0.25, 0.3) is 5.69 Å². The average molecular weight is 587 g/mol. The van der Waals surface area contributed by atoms with Crippen LogP contribution in [0.5, 0.6) is 0 Å². The molecule has 0 aliphatic carbocycles. The molecular formula is C29H23ClN6O4S. The smallest absolute Gasteiger partial charge is 0.333 e. The van der Waals surface area contributed by atoms with Crippen LogP contribution in [0, 0.1) is 0 Å². The highest BCUT2D eigenvalue weighted by Gasteiger charge is 2.32. The number of furan rings is 1. The van der Waals surface area contributed by atoms with Gasteiger partial charge in [-0.05, 0) is 72.8 Å². The van der Waals surface area contributed by atoms with E-state index in [4.69, 9.17) is 21.1 Å². The van der Waals surface area contributed by atoms with Crippen molar-refractivity contribution in [3.63, 3.8) is 0 Å². The Morgan fingerprint density at radius 2 is 1.68 bits per heavy atom. The molecule has 2 N–H and O–H groups in total. The number of anilines is 2. The number of halogens is 1. The Morgan fingerprint density at radius 3 is 2.39 bits per heavy atom. The number of rotatable bonds is 7. The summed E-state index contributed by atoms with van der Waals surface area (Å²) in [7, 11) is -4.14. The summed E-state index contributed by atoms with van der Waals surface area (Å²) in [5.41, 5.74) is 3.67. The molecule has 0 saturated heterocycles. The van der Waals surface area contributed by atoms with E-state index in [2.05, 4.69) is 10.4 Å². The van der Waals surface area contributed by atoms with Gasteiger partial charge in [0.15, 0.2) is 0 Å². The van der Waals surface area contributed by atoms with Crippen molar-refractivity contribution in [3.05, 3.63) is 126 Å². The van der Waals surface area contributed by atoms with Crippen LogP contribution in [0.4, 0.5) is 16.2 Å². The van der Waals surface area contributed by atoms with Crippen molar-refractivity contribution in [1.82, 2.24) is 14.5 Å². The fourth-order valence-electron chi connectivity index (χ4n) is 4.48. The molecule has 1 aliphatic rings. The number of hydrazone groups is 1. The first-order valence-corrected chi connectivity index (χ1v) is 14.4. The number of amides is 2. The van der Waals surface area contributed by atoms with Crippen LogP contribution in [0.15, 0.2) is 124 Å². The minimum absolute atomic E-state index is 0.0737. The molecule has 3 aromatic carbocycles. The summed E-state index contributed by atoms with van der Waals surface area (Å²) in [6.07, 6.45) is 5.90. The van der Waals surface area contributed by atoms with Crippen LogP contribution >= 0.6 is 11.6 Å². The molecule has 10 nitrogen and oxygen atoms in total. The number of benzene rings is 3. The molecular weight excluding hydrogens is 564 g/mol. The zero-order valence-electron chi connectivity index (χ0n) is 21.4. The number of nitrogens with zero attached hydrogens (tertiary/aromatic N) is 4. The van der Waals surface area contributed by atoms with Crippen molar-refractivity contribution >= 4 is 44.7 Å². The third-order valence-corrected chi connectivity index (χ3v) is 8.06. The lowest BCUT2D eigenvalue weighted by atomic mass is 10.0. The maximum atomic E-state index is 12.9. The van der Waals surface area contributed by atoms with E-state index in [9.17, 15) is 13.2 Å². The molecule has 12 heteroatoms. The summed E-state index contributed by atoms with van der Waals surface area (Å²) < 4.78 is 35.2. The van der Waals surface area contributed by atoms with Crippen molar-refractivity contribution in [3.8, 4) is 5.69 Å². The highest BCUT2D eigenvalue weighted by molar-refractivity contribution is 7.90. The minimum atomic E-state index is -4.14. The molecule has 0 radical (unpaired) electrons. The Hall–Kier alpha value is -4.87. The fraction of sp³-hybridized carbons (Fsp3) is 0.0690. The van der Waals surface area contributed by atoms with Crippen LogP contribution in [-0.4, -0.2) is 29.9 Å². The van der Waals surface area contributed by atoms with Crippen LogP contribution in [-0.2, 0) is 10.0 Å². The predicted molar refractivity (Wildman–Crippen MR) is 156 cm³/mol. The predicted octanol–water partition coefficient (Wildman–Crippen LogP) is 5.98. The van der Waals surface area contributed by atoms with Crippen molar-refractivity contribution < 1.29 is 17.6 Å². The third kappa shape index (κ3) is 5.72. The monoisotopic (exact) mass is 586 g/mol. The van der Waals surface area contributed by atoms with Crippen LogP contribution in [0.2, 0.25) is 5.02 Å². The van der Waals surface area contributed by atoms with Gasteiger partial charge in [0.2, 0.25) is 0 Å². The number of para-hydroxylation sites is 1. The minimum Gasteiger partial charge on any atom is -0.463 e. The van der Waals surface area contributed by atoms with Gasteiger partial charge in [0.05, 0.1) is 34.8 Å². The molecule has 1 aliphatic heterocycles. The lowest BCUT2D eigenvalue weighted by Crippen LogP contribution is -2.34. The zero-order chi connectivity index (χ0) is 28.4. The van der Waals surface area contributed by atoms with E-state index in [0.717, 1.165) is 17.0 Å². The summed E-state index contributed by atoms with van der Waals surface area (Å²) in [5.74, 6) is 0.656. The van der Waals surface area contributed by atoms with Gasteiger partial charge in [-0.3, -0.25) is 5.01 Å². The first kappa shape index (κ1) is 26.4. The Labute approximate surface area is 240 Å². The van der Waals surface area contributed by atoms with Gasteiger partial charge in [0, 0.05) is 28.9 Å². The Balaban J connectivity index is 1.24. The number of carbonyl (C=O) groups excluding carboxylic acids is 1. The van der Waals surface area contributed by atoms with Crippen LogP contribution in [0.3, 0.4) is 0 Å². The van der Waals surface area contributed by atoms with Gasteiger partial charge in [0.1, 0.15) is 11.5 Å². The summed E-state index contributed by atoms with van der Waals surface area (Å²) in [6, 6.07) is 24.8. The molecule has 6 rings (SSSR count). The van der Waals surface area contributed by atoms with Gasteiger partial charge in [0.25, 0.3) is 10.0 Å². The second-order valence-electron chi connectivity index (χ2n) is 9.20. The van der Waals surface area contributed by atoms with E-state index in [1.807, 2.05) is 52.3 Å². The van der Waals surface area contributed by atoms with E-state index in [0.29, 0.717) is 28.6 Å². The molecule has 206 valence electrons. The second kappa shape index (κ2) is 11.0. The van der Waals surface area contributed by atoms with E-state index in [-0.39, 0.29) is 10.9 Å². The maximum absolute atomic E-state index is 12.9. The van der Waals surface area contributed by atoms with Crippen LogP contribution in [0.1, 0.15) is 23.8 Å². The topological polar surface area (TPSA) is 122 Å². The number of sulfonamides is 1. The summed E-state index contributed by atoms with van der Waals surface area (Å²) in [4.78, 5) is 12.3. The summed E-state index contributed by atoms with van der Waals surface area (Å²) in [6.45, 7) is 0. The van der Waals surface area contributed by atoms with E-state index in [1.165, 1.54) is 12.1 Å². The zero-order valence-corrected chi connectivity index (χ0v) is 23.0. The quantitative estimate of drug-likeness (QED) is 0.242. The van der Waals surface area contributed by atoms with E-state index in [1.54, 1.807) is 59.6 Å². The number of hydrogen-bond donors (Lipinski definition) is 2. The second-order valence-corrected chi connectivity index (χ2v) is 11.3. The first-order chi connectivity index (χ1) is 19.9. The first-order valence-electron chi connectivity index (χ1n) is 12.6. The van der Waals surface area contributed by atoms with Gasteiger partial charge in [-0.25, -0.2) is 22.6 Å².